The molecule has 0 saturated heterocycles. The second-order valence-corrected chi connectivity index (χ2v) is 13.1. The molecule has 0 amide bonds. The molecule has 0 rings (SSSR count). The molecule has 0 bridgehead atoms. The molecular weight excluding hydrogens is 344 g/mol. The van der Waals surface area contributed by atoms with E-state index in [1.54, 1.807) is 0 Å². The molecule has 0 N–H and O–H groups in total. The Kier molecular flexibility index (Phi) is 10.7. The lowest BCUT2D eigenvalue weighted by Gasteiger charge is -2.38. The first-order valence-corrected chi connectivity index (χ1v) is 12.4. The molecule has 1 unspecified atom stereocenters. The summed E-state index contributed by atoms with van der Waals surface area (Å²) in [6.07, 6.45) is 1.03. The lowest BCUT2D eigenvalue weighted by molar-refractivity contribution is -0.158. The van der Waals surface area contributed by atoms with Crippen molar-refractivity contribution in [1.29, 1.82) is 0 Å². The van der Waals surface area contributed by atoms with Crippen molar-refractivity contribution in [3.8, 4) is 0 Å². The van der Waals surface area contributed by atoms with Gasteiger partial charge in [0.15, 0.2) is 0 Å². The van der Waals surface area contributed by atoms with Crippen LogP contribution in [-0.2, 0) is 18.4 Å². The maximum absolute atomic E-state index is 12.9. The lowest BCUT2D eigenvalue weighted by atomic mass is 9.73. The zero-order valence-electron chi connectivity index (χ0n) is 19.1. The Bertz CT molecular complexity index is 408. The number of carbonyl (C=O) groups excluding carboxylic acids is 1. The van der Waals surface area contributed by atoms with Gasteiger partial charge < -0.3 is 13.6 Å². The van der Waals surface area contributed by atoms with Gasteiger partial charge in [-0.3, -0.25) is 4.79 Å². The highest BCUT2D eigenvalue weighted by Gasteiger charge is 2.44. The fraction of sp³-hybridized carbons (Fsp3) is 0.952. The second-order valence-electron chi connectivity index (χ2n) is 9.36. The van der Waals surface area contributed by atoms with Gasteiger partial charge in [0.1, 0.15) is 0 Å². The Hall–Kier alpha value is -0.393. The standard InChI is InChI=1S/C21H44O4Si/c1-15(2)14-21(11,16(3)4)20(22)23-12-13-26(19(9)10,24-17(5)6)25-18(7)8/h15-19H,12-14H2,1-11H3. The van der Waals surface area contributed by atoms with Crippen LogP contribution in [0.1, 0.15) is 82.6 Å². The van der Waals surface area contributed by atoms with E-state index in [1.165, 1.54) is 0 Å². The maximum Gasteiger partial charge on any atom is 0.344 e. The van der Waals surface area contributed by atoms with Gasteiger partial charge >= 0.3 is 14.5 Å². The van der Waals surface area contributed by atoms with E-state index in [0.29, 0.717) is 18.6 Å². The van der Waals surface area contributed by atoms with E-state index in [9.17, 15) is 4.79 Å². The van der Waals surface area contributed by atoms with Crippen LogP contribution in [0.4, 0.5) is 0 Å². The van der Waals surface area contributed by atoms with Crippen LogP contribution in [0.2, 0.25) is 11.6 Å². The third-order valence-electron chi connectivity index (χ3n) is 5.01. The summed E-state index contributed by atoms with van der Waals surface area (Å²) in [6.45, 7) is 23.3. The summed E-state index contributed by atoms with van der Waals surface area (Å²) in [6, 6.07) is 0.669. The largest absolute Gasteiger partial charge is 0.465 e. The molecule has 156 valence electrons. The number of esters is 1. The van der Waals surface area contributed by atoms with Crippen molar-refractivity contribution < 1.29 is 18.4 Å². The maximum atomic E-state index is 12.9. The summed E-state index contributed by atoms with van der Waals surface area (Å²) >= 11 is 0. The predicted octanol–water partition coefficient (Wildman–Crippen LogP) is 5.94. The van der Waals surface area contributed by atoms with Gasteiger partial charge in [-0.1, -0.05) is 41.5 Å². The average molecular weight is 389 g/mol. The SMILES string of the molecule is CC(C)CC(C)(C(=O)OCC[Si](OC(C)C)(OC(C)C)C(C)C)C(C)C. The first-order valence-electron chi connectivity index (χ1n) is 10.3. The Morgan fingerprint density at radius 2 is 1.35 bits per heavy atom. The normalized spacial score (nSPS) is 15.4. The lowest BCUT2D eigenvalue weighted by Crippen LogP contribution is -2.49. The van der Waals surface area contributed by atoms with Crippen molar-refractivity contribution in [3.05, 3.63) is 0 Å². The molecule has 4 nitrogen and oxygen atoms in total. The quantitative estimate of drug-likeness (QED) is 0.306. The number of carbonyl (C=O) groups is 1. The molecule has 5 heteroatoms. The number of hydrogen-bond donors (Lipinski definition) is 0. The molecule has 0 spiro atoms. The van der Waals surface area contributed by atoms with Crippen molar-refractivity contribution in [3.63, 3.8) is 0 Å². The van der Waals surface area contributed by atoms with Crippen molar-refractivity contribution in [2.45, 2.75) is 106 Å². The molecule has 0 aliphatic carbocycles. The van der Waals surface area contributed by atoms with E-state index in [2.05, 4.69) is 41.5 Å². The highest BCUT2D eigenvalue weighted by molar-refractivity contribution is 6.69. The Morgan fingerprint density at radius 1 is 0.885 bits per heavy atom. The smallest absolute Gasteiger partial charge is 0.344 e. The van der Waals surface area contributed by atoms with Gasteiger partial charge in [0.2, 0.25) is 0 Å². The van der Waals surface area contributed by atoms with Crippen LogP contribution in [0.5, 0.6) is 0 Å². The zero-order chi connectivity index (χ0) is 20.7. The van der Waals surface area contributed by atoms with E-state index in [-0.39, 0.29) is 29.6 Å². The highest BCUT2D eigenvalue weighted by Crippen LogP contribution is 2.36. The van der Waals surface area contributed by atoms with Crippen LogP contribution >= 0.6 is 0 Å². The Balaban J connectivity index is 5.15. The summed E-state index contributed by atoms with van der Waals surface area (Å²) in [4.78, 5) is 12.9. The second kappa shape index (κ2) is 10.8. The molecule has 0 aliphatic rings. The monoisotopic (exact) mass is 388 g/mol. The summed E-state index contributed by atoms with van der Waals surface area (Å²) in [5.74, 6) is 0.595. The fourth-order valence-corrected chi connectivity index (χ4v) is 6.75. The summed E-state index contributed by atoms with van der Waals surface area (Å²) in [5, 5.41) is 0. The van der Waals surface area contributed by atoms with Gasteiger partial charge in [-0.25, -0.2) is 0 Å². The van der Waals surface area contributed by atoms with Crippen molar-refractivity contribution in [2.75, 3.05) is 6.61 Å². The van der Waals surface area contributed by atoms with Crippen LogP contribution in [0, 0.1) is 17.3 Å². The third-order valence-corrected chi connectivity index (χ3v) is 9.41. The van der Waals surface area contributed by atoms with Crippen LogP contribution < -0.4 is 0 Å². The molecule has 0 saturated carbocycles. The first kappa shape index (κ1) is 25.6. The van der Waals surface area contributed by atoms with Crippen LogP contribution in [-0.4, -0.2) is 33.3 Å². The Morgan fingerprint density at radius 3 is 1.65 bits per heavy atom. The van der Waals surface area contributed by atoms with Gasteiger partial charge in [-0.05, 0) is 58.4 Å². The highest BCUT2D eigenvalue weighted by atomic mass is 28.4. The van der Waals surface area contributed by atoms with E-state index in [4.69, 9.17) is 13.6 Å². The molecule has 26 heavy (non-hydrogen) atoms. The minimum Gasteiger partial charge on any atom is -0.465 e. The number of ether oxygens (including phenoxy) is 1. The van der Waals surface area contributed by atoms with Crippen molar-refractivity contribution in [2.24, 2.45) is 17.3 Å². The van der Waals surface area contributed by atoms with E-state index in [1.807, 2.05) is 34.6 Å². The van der Waals surface area contributed by atoms with Gasteiger partial charge in [-0.2, -0.15) is 0 Å². The molecule has 0 heterocycles. The van der Waals surface area contributed by atoms with E-state index < -0.39 is 14.0 Å². The number of rotatable bonds is 12. The van der Waals surface area contributed by atoms with Crippen LogP contribution in [0.15, 0.2) is 0 Å². The summed E-state index contributed by atoms with van der Waals surface area (Å²) in [7, 11) is -2.46. The van der Waals surface area contributed by atoms with Gasteiger partial charge in [0, 0.05) is 18.3 Å². The average Bonchev–Trinajstić information content (AvgIpc) is 2.44. The molecule has 0 aliphatic heterocycles. The predicted molar refractivity (Wildman–Crippen MR) is 111 cm³/mol. The topological polar surface area (TPSA) is 44.8 Å². The fourth-order valence-electron chi connectivity index (χ4n) is 3.36. The van der Waals surface area contributed by atoms with E-state index >= 15 is 0 Å². The van der Waals surface area contributed by atoms with Crippen molar-refractivity contribution >= 4 is 14.5 Å². The Labute approximate surface area is 163 Å². The van der Waals surface area contributed by atoms with Crippen molar-refractivity contribution in [1.82, 2.24) is 0 Å². The molecule has 0 fully saturated rings. The van der Waals surface area contributed by atoms with Crippen LogP contribution in [0.3, 0.4) is 0 Å². The summed E-state index contributed by atoms with van der Waals surface area (Å²) < 4.78 is 18.4. The molecule has 0 aromatic carbocycles. The van der Waals surface area contributed by atoms with Gasteiger partial charge in [-0.15, -0.1) is 0 Å². The first-order chi connectivity index (χ1) is 11.8. The summed E-state index contributed by atoms with van der Waals surface area (Å²) in [5.41, 5.74) is -0.160. The molecule has 0 radical (unpaired) electrons. The molecule has 0 aromatic heterocycles. The van der Waals surface area contributed by atoms with E-state index in [0.717, 1.165) is 6.42 Å². The molecule has 0 aromatic rings. The van der Waals surface area contributed by atoms with Gasteiger partial charge in [0.25, 0.3) is 0 Å². The van der Waals surface area contributed by atoms with Gasteiger partial charge in [0.05, 0.1) is 12.0 Å². The minimum atomic E-state index is -2.46. The molecule has 1 atom stereocenters. The zero-order valence-corrected chi connectivity index (χ0v) is 20.1. The minimum absolute atomic E-state index is 0.0954. The number of hydrogen-bond acceptors (Lipinski definition) is 4. The third kappa shape index (κ3) is 7.69. The molecular formula is C21H44O4Si. The van der Waals surface area contributed by atoms with Crippen LogP contribution in [0.25, 0.3) is 0 Å².